The number of hydrogen-bond donors (Lipinski definition) is 0. The maximum Gasteiger partial charge on any atom is 0.251 e. The Kier molecular flexibility index (Phi) is 3.15. The Morgan fingerprint density at radius 3 is 2.45 bits per heavy atom. The SMILES string of the molecule is Cc1ccc2c(c1)c(C)cc(=O)n2Cc1ccccc1. The van der Waals surface area contributed by atoms with Crippen LogP contribution >= 0.6 is 0 Å². The summed E-state index contributed by atoms with van der Waals surface area (Å²) in [6.07, 6.45) is 0. The van der Waals surface area contributed by atoms with Gasteiger partial charge in [0.15, 0.2) is 0 Å². The van der Waals surface area contributed by atoms with Crippen molar-refractivity contribution in [1.82, 2.24) is 4.57 Å². The van der Waals surface area contributed by atoms with Crippen molar-refractivity contribution in [3.05, 3.63) is 81.6 Å². The summed E-state index contributed by atoms with van der Waals surface area (Å²) < 4.78 is 1.84. The van der Waals surface area contributed by atoms with Crippen molar-refractivity contribution in [2.75, 3.05) is 0 Å². The highest BCUT2D eigenvalue weighted by molar-refractivity contribution is 5.83. The standard InChI is InChI=1S/C18H17NO/c1-13-8-9-17-16(10-13)14(2)11-18(20)19(17)12-15-6-4-3-5-7-15/h3-11H,12H2,1-2H3. The lowest BCUT2D eigenvalue weighted by Crippen LogP contribution is -2.21. The monoisotopic (exact) mass is 263 g/mol. The van der Waals surface area contributed by atoms with Gasteiger partial charge in [-0.05, 0) is 37.1 Å². The predicted molar refractivity (Wildman–Crippen MR) is 83.2 cm³/mol. The molecule has 1 heterocycles. The van der Waals surface area contributed by atoms with E-state index in [1.165, 1.54) is 5.56 Å². The number of hydrogen-bond acceptors (Lipinski definition) is 1. The third-order valence-corrected chi connectivity index (χ3v) is 3.66. The summed E-state index contributed by atoms with van der Waals surface area (Å²) >= 11 is 0. The molecule has 0 saturated heterocycles. The highest BCUT2D eigenvalue weighted by atomic mass is 16.1. The molecule has 0 fully saturated rings. The van der Waals surface area contributed by atoms with E-state index in [0.29, 0.717) is 6.54 Å². The fraction of sp³-hybridized carbons (Fsp3) is 0.167. The Morgan fingerprint density at radius 1 is 0.950 bits per heavy atom. The van der Waals surface area contributed by atoms with Gasteiger partial charge in [-0.3, -0.25) is 4.79 Å². The Hall–Kier alpha value is -2.35. The quantitative estimate of drug-likeness (QED) is 0.691. The molecule has 0 aliphatic heterocycles. The van der Waals surface area contributed by atoms with E-state index < -0.39 is 0 Å². The van der Waals surface area contributed by atoms with Crippen LogP contribution in [0.5, 0.6) is 0 Å². The molecule has 100 valence electrons. The van der Waals surface area contributed by atoms with E-state index in [9.17, 15) is 4.79 Å². The minimum Gasteiger partial charge on any atom is -0.304 e. The summed E-state index contributed by atoms with van der Waals surface area (Å²) in [6.45, 7) is 4.68. The normalized spacial score (nSPS) is 10.9. The first kappa shape index (κ1) is 12.7. The summed E-state index contributed by atoms with van der Waals surface area (Å²) in [6, 6.07) is 18.1. The average Bonchev–Trinajstić information content (AvgIpc) is 2.45. The molecule has 0 aliphatic rings. The molecule has 0 saturated carbocycles. The molecule has 3 aromatic rings. The van der Waals surface area contributed by atoms with Crippen molar-refractivity contribution >= 4 is 10.9 Å². The second-order valence-corrected chi connectivity index (χ2v) is 5.26. The number of benzene rings is 2. The number of nitrogens with zero attached hydrogens (tertiary/aromatic N) is 1. The lowest BCUT2D eigenvalue weighted by Gasteiger charge is -2.12. The van der Waals surface area contributed by atoms with Crippen molar-refractivity contribution in [3.8, 4) is 0 Å². The second kappa shape index (κ2) is 4.97. The highest BCUT2D eigenvalue weighted by Crippen LogP contribution is 2.19. The molecule has 2 nitrogen and oxygen atoms in total. The summed E-state index contributed by atoms with van der Waals surface area (Å²) in [5.74, 6) is 0. The van der Waals surface area contributed by atoms with Crippen molar-refractivity contribution in [2.45, 2.75) is 20.4 Å². The zero-order valence-corrected chi connectivity index (χ0v) is 11.8. The van der Waals surface area contributed by atoms with E-state index in [1.54, 1.807) is 6.07 Å². The molecule has 3 rings (SSSR count). The number of fused-ring (bicyclic) bond motifs is 1. The largest absolute Gasteiger partial charge is 0.304 e. The van der Waals surface area contributed by atoms with E-state index in [2.05, 4.69) is 19.1 Å². The summed E-state index contributed by atoms with van der Waals surface area (Å²) in [4.78, 5) is 12.3. The van der Waals surface area contributed by atoms with E-state index in [4.69, 9.17) is 0 Å². The molecular weight excluding hydrogens is 246 g/mol. The lowest BCUT2D eigenvalue weighted by molar-refractivity contribution is 0.793. The third-order valence-electron chi connectivity index (χ3n) is 3.66. The topological polar surface area (TPSA) is 22.0 Å². The summed E-state index contributed by atoms with van der Waals surface area (Å²) in [7, 11) is 0. The highest BCUT2D eigenvalue weighted by Gasteiger charge is 2.07. The van der Waals surface area contributed by atoms with Gasteiger partial charge in [0.25, 0.3) is 5.56 Å². The summed E-state index contributed by atoms with van der Waals surface area (Å²) in [5.41, 5.74) is 4.45. The Morgan fingerprint density at radius 2 is 1.70 bits per heavy atom. The molecule has 0 atom stereocenters. The van der Waals surface area contributed by atoms with E-state index >= 15 is 0 Å². The van der Waals surface area contributed by atoms with Gasteiger partial charge >= 0.3 is 0 Å². The zero-order chi connectivity index (χ0) is 14.1. The van der Waals surface area contributed by atoms with Gasteiger partial charge in [0.2, 0.25) is 0 Å². The van der Waals surface area contributed by atoms with Crippen molar-refractivity contribution in [3.63, 3.8) is 0 Å². The second-order valence-electron chi connectivity index (χ2n) is 5.26. The van der Waals surface area contributed by atoms with Crippen LogP contribution < -0.4 is 5.56 Å². The molecule has 2 aromatic carbocycles. The minimum atomic E-state index is 0.0581. The van der Waals surface area contributed by atoms with Crippen molar-refractivity contribution < 1.29 is 0 Å². The average molecular weight is 263 g/mol. The molecule has 0 unspecified atom stereocenters. The van der Waals surface area contributed by atoms with Crippen LogP contribution in [0.25, 0.3) is 10.9 Å². The van der Waals surface area contributed by atoms with E-state index in [-0.39, 0.29) is 5.56 Å². The number of rotatable bonds is 2. The first-order valence-corrected chi connectivity index (χ1v) is 6.80. The van der Waals surface area contributed by atoms with Crippen LogP contribution in [0.15, 0.2) is 59.4 Å². The number of aromatic nitrogens is 1. The molecular formula is C18H17NO. The fourth-order valence-electron chi connectivity index (χ4n) is 2.59. The third kappa shape index (κ3) is 2.25. The maximum atomic E-state index is 12.3. The zero-order valence-electron chi connectivity index (χ0n) is 11.8. The van der Waals surface area contributed by atoms with E-state index in [0.717, 1.165) is 22.0 Å². The molecule has 1 aromatic heterocycles. The van der Waals surface area contributed by atoms with Gasteiger partial charge in [0, 0.05) is 11.5 Å². The Balaban J connectivity index is 2.22. The molecule has 2 heteroatoms. The van der Waals surface area contributed by atoms with Crippen molar-refractivity contribution in [1.29, 1.82) is 0 Å². The van der Waals surface area contributed by atoms with Crippen LogP contribution in [0.3, 0.4) is 0 Å². The van der Waals surface area contributed by atoms with Crippen molar-refractivity contribution in [2.24, 2.45) is 0 Å². The lowest BCUT2D eigenvalue weighted by atomic mass is 10.1. The molecule has 0 amide bonds. The first-order chi connectivity index (χ1) is 9.65. The van der Waals surface area contributed by atoms with Gasteiger partial charge in [-0.15, -0.1) is 0 Å². The van der Waals surface area contributed by atoms with Crippen LogP contribution in [0.1, 0.15) is 16.7 Å². The molecule has 0 bridgehead atoms. The molecule has 0 radical (unpaired) electrons. The minimum absolute atomic E-state index is 0.0581. The van der Waals surface area contributed by atoms with Crippen LogP contribution in [0, 0.1) is 13.8 Å². The molecule has 20 heavy (non-hydrogen) atoms. The van der Waals surface area contributed by atoms with Crippen LogP contribution in [-0.2, 0) is 6.54 Å². The van der Waals surface area contributed by atoms with Crippen LogP contribution in [0.2, 0.25) is 0 Å². The first-order valence-electron chi connectivity index (χ1n) is 6.80. The van der Waals surface area contributed by atoms with Gasteiger partial charge in [-0.1, -0.05) is 42.0 Å². The fourth-order valence-corrected chi connectivity index (χ4v) is 2.59. The Labute approximate surface area is 118 Å². The summed E-state index contributed by atoms with van der Waals surface area (Å²) in [5, 5.41) is 1.15. The molecule has 0 aliphatic carbocycles. The van der Waals surface area contributed by atoms with Gasteiger partial charge in [-0.2, -0.15) is 0 Å². The number of pyridine rings is 1. The molecule has 0 spiro atoms. The molecule has 0 N–H and O–H groups in total. The van der Waals surface area contributed by atoms with E-state index in [1.807, 2.05) is 47.9 Å². The number of aryl methyl sites for hydroxylation is 2. The van der Waals surface area contributed by atoms with Gasteiger partial charge in [-0.25, -0.2) is 0 Å². The smallest absolute Gasteiger partial charge is 0.251 e. The van der Waals surface area contributed by atoms with Gasteiger partial charge in [0.1, 0.15) is 0 Å². The van der Waals surface area contributed by atoms with Crippen LogP contribution in [-0.4, -0.2) is 4.57 Å². The van der Waals surface area contributed by atoms with Gasteiger partial charge < -0.3 is 4.57 Å². The van der Waals surface area contributed by atoms with Gasteiger partial charge in [0.05, 0.1) is 12.1 Å². The maximum absolute atomic E-state index is 12.3. The predicted octanol–water partition coefficient (Wildman–Crippen LogP) is 3.67. The van der Waals surface area contributed by atoms with Crippen LogP contribution in [0.4, 0.5) is 0 Å². The Bertz CT molecular complexity index is 816.